The molecule has 3 atom stereocenters. The zero-order valence-corrected chi connectivity index (χ0v) is 14.7. The van der Waals surface area contributed by atoms with Crippen LogP contribution in [0.15, 0.2) is 17.6 Å². The molecule has 7 nitrogen and oxygen atoms in total. The summed E-state index contributed by atoms with van der Waals surface area (Å²) in [5.41, 5.74) is 2.78. The fraction of sp³-hybridized carbons (Fsp3) is 0.471. The molecule has 0 spiro atoms. The Hall–Kier alpha value is -2.05. The second-order valence-corrected chi connectivity index (χ2v) is 7.11. The van der Waals surface area contributed by atoms with Crippen LogP contribution in [0.5, 0.6) is 0 Å². The van der Waals surface area contributed by atoms with E-state index in [1.54, 1.807) is 24.5 Å². The Balaban J connectivity index is 0.00000182. The molecule has 3 aromatic rings. The van der Waals surface area contributed by atoms with Crippen LogP contribution >= 0.6 is 11.3 Å². The quantitative estimate of drug-likeness (QED) is 0.770. The zero-order valence-electron chi connectivity index (χ0n) is 13.8. The maximum Gasteiger partial charge on any atom is 0.139 e. The van der Waals surface area contributed by atoms with E-state index in [0.717, 1.165) is 34.1 Å². The monoisotopic (exact) mass is 360 g/mol. The average Bonchev–Trinajstić information content (AvgIpc) is 3.19. The summed E-state index contributed by atoms with van der Waals surface area (Å²) in [6, 6.07) is 4.29. The molecule has 1 fully saturated rings. The summed E-state index contributed by atoms with van der Waals surface area (Å²) in [4.78, 5) is 9.07. The molecule has 4 heterocycles. The smallest absolute Gasteiger partial charge is 0.139 e. The number of imidazole rings is 1. The van der Waals surface area contributed by atoms with E-state index in [1.165, 1.54) is 0 Å². The lowest BCUT2D eigenvalue weighted by Gasteiger charge is -2.30. The van der Waals surface area contributed by atoms with Crippen molar-refractivity contribution in [2.45, 2.75) is 44.4 Å². The molecule has 3 aromatic heterocycles. The maximum absolute atomic E-state index is 10.2. The van der Waals surface area contributed by atoms with Crippen LogP contribution in [0, 0.1) is 11.3 Å². The first kappa shape index (κ1) is 17.8. The molecule has 1 aliphatic heterocycles. The van der Waals surface area contributed by atoms with E-state index >= 15 is 0 Å². The Morgan fingerprint density at radius 3 is 3.00 bits per heavy atom. The van der Waals surface area contributed by atoms with Crippen LogP contribution in [0.2, 0.25) is 0 Å². The van der Waals surface area contributed by atoms with Crippen molar-refractivity contribution in [3.05, 3.63) is 23.5 Å². The molecule has 1 saturated heterocycles. The Morgan fingerprint density at radius 2 is 2.32 bits per heavy atom. The minimum atomic E-state index is -0.663. The van der Waals surface area contributed by atoms with Gasteiger partial charge in [0, 0.05) is 0 Å². The summed E-state index contributed by atoms with van der Waals surface area (Å²) in [6.45, 7) is 2.27. The van der Waals surface area contributed by atoms with Gasteiger partial charge in [0.05, 0.1) is 53.2 Å². The molecule has 0 amide bonds. The number of fused-ring (bicyclic) bond motifs is 3. The normalized spacial score (nSPS) is 21.8. The van der Waals surface area contributed by atoms with E-state index in [-0.39, 0.29) is 17.6 Å². The maximum atomic E-state index is 10.2. The van der Waals surface area contributed by atoms with Gasteiger partial charge in [-0.25, -0.2) is 4.98 Å². The highest BCUT2D eigenvalue weighted by atomic mass is 32.1. The number of rotatable bonds is 3. The molecule has 132 valence electrons. The second kappa shape index (κ2) is 7.06. The minimum Gasteiger partial charge on any atom is -0.412 e. The number of ether oxygens (including phenoxy) is 1. The van der Waals surface area contributed by atoms with Crippen molar-refractivity contribution in [1.82, 2.24) is 14.5 Å². The van der Waals surface area contributed by atoms with E-state index in [2.05, 4.69) is 20.6 Å². The first-order chi connectivity index (χ1) is 11.7. The molecule has 0 radical (unpaired) electrons. The predicted molar refractivity (Wildman–Crippen MR) is 95.4 cm³/mol. The van der Waals surface area contributed by atoms with Gasteiger partial charge in [-0.1, -0.05) is 0 Å². The lowest BCUT2D eigenvalue weighted by atomic mass is 10.0. The largest absolute Gasteiger partial charge is 0.412 e. The van der Waals surface area contributed by atoms with Crippen LogP contribution in [-0.4, -0.2) is 37.8 Å². The molecule has 8 heteroatoms. The van der Waals surface area contributed by atoms with Gasteiger partial charge in [-0.3, -0.25) is 4.98 Å². The van der Waals surface area contributed by atoms with Crippen molar-refractivity contribution >= 4 is 32.6 Å². The number of aromatic nitrogens is 3. The SMILES string of the molecule is C[C@@H](O)c1nc2cnc3ccsc3c2n1[C@H]1CC[C@H](CC#N)OC1.O. The summed E-state index contributed by atoms with van der Waals surface area (Å²) in [6.07, 6.45) is 3.31. The van der Waals surface area contributed by atoms with Crippen molar-refractivity contribution in [2.75, 3.05) is 6.61 Å². The van der Waals surface area contributed by atoms with Crippen molar-refractivity contribution in [3.8, 4) is 6.07 Å². The highest BCUT2D eigenvalue weighted by Crippen LogP contribution is 2.36. The lowest BCUT2D eigenvalue weighted by molar-refractivity contribution is -0.00949. The van der Waals surface area contributed by atoms with Crippen molar-refractivity contribution < 1.29 is 15.3 Å². The van der Waals surface area contributed by atoms with Gasteiger partial charge in [0.1, 0.15) is 17.4 Å². The van der Waals surface area contributed by atoms with Crippen molar-refractivity contribution in [3.63, 3.8) is 0 Å². The minimum absolute atomic E-state index is 0. The Labute approximate surface area is 148 Å². The number of aliphatic hydroxyl groups is 1. The number of hydrogen-bond acceptors (Lipinski definition) is 6. The summed E-state index contributed by atoms with van der Waals surface area (Å²) in [7, 11) is 0. The number of nitriles is 1. The molecular formula is C17H20N4O3S. The number of hydrogen-bond donors (Lipinski definition) is 1. The van der Waals surface area contributed by atoms with Crippen LogP contribution in [0.1, 0.15) is 44.2 Å². The number of aliphatic hydroxyl groups excluding tert-OH is 1. The van der Waals surface area contributed by atoms with Gasteiger partial charge >= 0.3 is 0 Å². The van der Waals surface area contributed by atoms with Crippen molar-refractivity contribution in [1.29, 1.82) is 5.26 Å². The molecule has 0 aromatic carbocycles. The summed E-state index contributed by atoms with van der Waals surface area (Å²) in [5, 5.41) is 21.1. The summed E-state index contributed by atoms with van der Waals surface area (Å²) < 4.78 is 9.08. The number of thiophene rings is 1. The van der Waals surface area contributed by atoms with E-state index < -0.39 is 6.10 Å². The molecule has 25 heavy (non-hydrogen) atoms. The lowest BCUT2D eigenvalue weighted by Crippen LogP contribution is -2.29. The fourth-order valence-electron chi connectivity index (χ4n) is 3.42. The topological polar surface area (TPSA) is 115 Å². The third kappa shape index (κ3) is 3.00. The first-order valence-electron chi connectivity index (χ1n) is 8.09. The molecule has 4 rings (SSSR count). The van der Waals surface area contributed by atoms with E-state index in [9.17, 15) is 5.11 Å². The van der Waals surface area contributed by atoms with Crippen molar-refractivity contribution in [2.24, 2.45) is 0 Å². The Bertz CT molecular complexity index is 919. The predicted octanol–water partition coefficient (Wildman–Crippen LogP) is 2.51. The van der Waals surface area contributed by atoms with Gasteiger partial charge in [0.25, 0.3) is 0 Å². The molecule has 1 aliphatic rings. The Kier molecular flexibility index (Phi) is 5.01. The van der Waals surface area contributed by atoms with Crippen LogP contribution in [0.25, 0.3) is 21.3 Å². The van der Waals surface area contributed by atoms with Gasteiger partial charge in [-0.2, -0.15) is 5.26 Å². The van der Waals surface area contributed by atoms with Crippen LogP contribution < -0.4 is 0 Å². The standard InChI is InChI=1S/C17H18N4O2S.H2O/c1-10(22)17-20-14-8-19-13-5-7-24-16(13)15(14)21(17)11-2-3-12(4-6-18)23-9-11;/h5,7-8,10-12,22H,2-4,9H2,1H3;1H2/t10-,11+,12-;/m1./s1. The molecular weight excluding hydrogens is 340 g/mol. The van der Waals surface area contributed by atoms with Crippen LogP contribution in [0.4, 0.5) is 0 Å². The highest BCUT2D eigenvalue weighted by molar-refractivity contribution is 7.18. The van der Waals surface area contributed by atoms with Gasteiger partial charge in [0.2, 0.25) is 0 Å². The van der Waals surface area contributed by atoms with E-state index in [1.807, 2.05) is 11.4 Å². The second-order valence-electron chi connectivity index (χ2n) is 6.19. The summed E-state index contributed by atoms with van der Waals surface area (Å²) in [5.74, 6) is 0.653. The van der Waals surface area contributed by atoms with E-state index in [4.69, 9.17) is 10.00 Å². The first-order valence-corrected chi connectivity index (χ1v) is 8.97. The van der Waals surface area contributed by atoms with Gasteiger partial charge in [0.15, 0.2) is 0 Å². The van der Waals surface area contributed by atoms with Gasteiger partial charge in [-0.15, -0.1) is 11.3 Å². The van der Waals surface area contributed by atoms with Crippen LogP contribution in [0.3, 0.4) is 0 Å². The van der Waals surface area contributed by atoms with Crippen LogP contribution in [-0.2, 0) is 4.74 Å². The molecule has 3 N–H and O–H groups in total. The molecule has 0 unspecified atom stereocenters. The third-order valence-electron chi connectivity index (χ3n) is 4.55. The Morgan fingerprint density at radius 1 is 1.48 bits per heavy atom. The molecule has 0 bridgehead atoms. The highest BCUT2D eigenvalue weighted by Gasteiger charge is 2.28. The molecule has 0 aliphatic carbocycles. The zero-order chi connectivity index (χ0) is 16.7. The van der Waals surface area contributed by atoms with Gasteiger partial charge < -0.3 is 19.9 Å². The third-order valence-corrected chi connectivity index (χ3v) is 5.47. The van der Waals surface area contributed by atoms with Gasteiger partial charge in [-0.05, 0) is 31.2 Å². The summed E-state index contributed by atoms with van der Waals surface area (Å²) >= 11 is 1.64. The fourth-order valence-corrected chi connectivity index (χ4v) is 4.31. The van der Waals surface area contributed by atoms with E-state index in [0.29, 0.717) is 18.9 Å². The average molecular weight is 360 g/mol. The number of nitrogens with zero attached hydrogens (tertiary/aromatic N) is 4. The number of pyridine rings is 1. The molecule has 0 saturated carbocycles.